The van der Waals surface area contributed by atoms with Crippen LogP contribution in [0.4, 0.5) is 0 Å². The molecule has 0 spiro atoms. The first-order valence-corrected chi connectivity index (χ1v) is 8.59. The van der Waals surface area contributed by atoms with Gasteiger partial charge < -0.3 is 5.32 Å². The number of piperazine rings is 1. The van der Waals surface area contributed by atoms with Crippen molar-refractivity contribution in [3.63, 3.8) is 0 Å². The molecule has 1 N–H and O–H groups in total. The molecule has 2 unspecified atom stereocenters. The van der Waals surface area contributed by atoms with E-state index < -0.39 is 0 Å². The molecule has 1 fully saturated rings. The highest BCUT2D eigenvalue weighted by molar-refractivity contribution is 9.10. The predicted molar refractivity (Wildman–Crippen MR) is 89.9 cm³/mol. The van der Waals surface area contributed by atoms with Crippen LogP contribution in [0, 0.1) is 0 Å². The van der Waals surface area contributed by atoms with Crippen molar-refractivity contribution in [2.45, 2.75) is 58.2 Å². The second kappa shape index (κ2) is 7.06. The highest BCUT2D eigenvalue weighted by Crippen LogP contribution is 2.26. The maximum Gasteiger partial charge on any atom is 0.0307 e. The van der Waals surface area contributed by atoms with E-state index in [-0.39, 0.29) is 5.54 Å². The van der Waals surface area contributed by atoms with Gasteiger partial charge >= 0.3 is 0 Å². The molecule has 3 heteroatoms. The van der Waals surface area contributed by atoms with Crippen molar-refractivity contribution >= 4 is 15.9 Å². The standard InChI is InChI=1S/C17H27BrN2/c1-4-7-16-12-20(17(3,5-2)13-19-16)11-14-8-6-9-15(18)10-14/h6,8-10,16,19H,4-5,7,11-13H2,1-3H3. The van der Waals surface area contributed by atoms with Crippen LogP contribution in [-0.4, -0.2) is 29.6 Å². The Bertz CT molecular complexity index is 435. The average Bonchev–Trinajstić information content (AvgIpc) is 2.43. The van der Waals surface area contributed by atoms with Crippen LogP contribution >= 0.6 is 15.9 Å². The molecule has 2 nitrogen and oxygen atoms in total. The molecule has 2 rings (SSSR count). The summed E-state index contributed by atoms with van der Waals surface area (Å²) in [4.78, 5) is 2.67. The Hall–Kier alpha value is -0.380. The van der Waals surface area contributed by atoms with Gasteiger partial charge in [0.2, 0.25) is 0 Å². The van der Waals surface area contributed by atoms with Crippen LogP contribution in [0.1, 0.15) is 45.6 Å². The minimum atomic E-state index is 0.270. The lowest BCUT2D eigenvalue weighted by molar-refractivity contribution is 0.0396. The first kappa shape index (κ1) is 16.0. The molecule has 0 radical (unpaired) electrons. The highest BCUT2D eigenvalue weighted by Gasteiger charge is 2.35. The van der Waals surface area contributed by atoms with Crippen molar-refractivity contribution in [3.8, 4) is 0 Å². The zero-order valence-corrected chi connectivity index (χ0v) is 14.5. The Morgan fingerprint density at radius 2 is 2.20 bits per heavy atom. The third kappa shape index (κ3) is 3.84. The largest absolute Gasteiger partial charge is 0.311 e. The smallest absolute Gasteiger partial charge is 0.0307 e. The second-order valence-electron chi connectivity index (χ2n) is 6.23. The van der Waals surface area contributed by atoms with Crippen molar-refractivity contribution in [2.75, 3.05) is 13.1 Å². The molecule has 0 amide bonds. The van der Waals surface area contributed by atoms with E-state index in [0.29, 0.717) is 6.04 Å². The fraction of sp³-hybridized carbons (Fsp3) is 0.647. The van der Waals surface area contributed by atoms with Crippen LogP contribution in [0.2, 0.25) is 0 Å². The number of nitrogens with one attached hydrogen (secondary N) is 1. The van der Waals surface area contributed by atoms with Gasteiger partial charge in [0.25, 0.3) is 0 Å². The average molecular weight is 339 g/mol. The van der Waals surface area contributed by atoms with Gasteiger partial charge in [0, 0.05) is 35.7 Å². The van der Waals surface area contributed by atoms with E-state index in [1.165, 1.54) is 29.3 Å². The summed E-state index contributed by atoms with van der Waals surface area (Å²) in [7, 11) is 0. The van der Waals surface area contributed by atoms with Crippen LogP contribution in [0.15, 0.2) is 28.7 Å². The molecule has 112 valence electrons. The first-order chi connectivity index (χ1) is 9.57. The molecule has 0 saturated carbocycles. The van der Waals surface area contributed by atoms with Gasteiger partial charge in [0.1, 0.15) is 0 Å². The number of hydrogen-bond donors (Lipinski definition) is 1. The maximum absolute atomic E-state index is 3.74. The molecule has 0 bridgehead atoms. The van der Waals surface area contributed by atoms with Crippen LogP contribution in [0.25, 0.3) is 0 Å². The Labute approximate surface area is 132 Å². The molecule has 1 aromatic carbocycles. The second-order valence-corrected chi connectivity index (χ2v) is 7.14. The third-order valence-corrected chi connectivity index (χ3v) is 5.13. The Morgan fingerprint density at radius 3 is 2.85 bits per heavy atom. The Morgan fingerprint density at radius 1 is 1.40 bits per heavy atom. The summed E-state index contributed by atoms with van der Waals surface area (Å²) in [5.74, 6) is 0. The molecule has 1 saturated heterocycles. The third-order valence-electron chi connectivity index (χ3n) is 4.64. The van der Waals surface area contributed by atoms with Crippen molar-refractivity contribution in [3.05, 3.63) is 34.3 Å². The van der Waals surface area contributed by atoms with Gasteiger partial charge in [0.05, 0.1) is 0 Å². The monoisotopic (exact) mass is 338 g/mol. The van der Waals surface area contributed by atoms with Gasteiger partial charge in [-0.2, -0.15) is 0 Å². The molecule has 1 aliphatic heterocycles. The van der Waals surface area contributed by atoms with Gasteiger partial charge in [-0.1, -0.05) is 48.3 Å². The molecule has 1 heterocycles. The van der Waals surface area contributed by atoms with E-state index in [0.717, 1.165) is 19.6 Å². The highest BCUT2D eigenvalue weighted by atomic mass is 79.9. The van der Waals surface area contributed by atoms with Gasteiger partial charge in [-0.3, -0.25) is 4.90 Å². The summed E-state index contributed by atoms with van der Waals surface area (Å²) in [6.45, 7) is 10.3. The van der Waals surface area contributed by atoms with E-state index in [9.17, 15) is 0 Å². The normalized spacial score (nSPS) is 27.7. The van der Waals surface area contributed by atoms with Crippen molar-refractivity contribution in [1.82, 2.24) is 10.2 Å². The van der Waals surface area contributed by atoms with Gasteiger partial charge in [-0.15, -0.1) is 0 Å². The molecule has 20 heavy (non-hydrogen) atoms. The molecule has 0 aromatic heterocycles. The number of halogens is 1. The molecule has 0 aliphatic carbocycles. The molecule has 1 aromatic rings. The lowest BCUT2D eigenvalue weighted by Crippen LogP contribution is -2.62. The molecule has 2 atom stereocenters. The quantitative estimate of drug-likeness (QED) is 0.865. The zero-order valence-electron chi connectivity index (χ0n) is 13.0. The van der Waals surface area contributed by atoms with Crippen LogP contribution < -0.4 is 5.32 Å². The van der Waals surface area contributed by atoms with E-state index in [2.05, 4.69) is 71.2 Å². The zero-order chi connectivity index (χ0) is 14.6. The van der Waals surface area contributed by atoms with E-state index in [1.807, 2.05) is 0 Å². The lowest BCUT2D eigenvalue weighted by Gasteiger charge is -2.48. The Balaban J connectivity index is 2.11. The van der Waals surface area contributed by atoms with Crippen molar-refractivity contribution < 1.29 is 0 Å². The number of hydrogen-bond acceptors (Lipinski definition) is 2. The Kier molecular flexibility index (Phi) is 5.65. The lowest BCUT2D eigenvalue weighted by atomic mass is 9.90. The minimum absolute atomic E-state index is 0.270. The number of rotatable bonds is 5. The SMILES string of the molecule is CCCC1CN(Cc2cccc(Br)c2)C(C)(CC)CN1. The summed E-state index contributed by atoms with van der Waals surface area (Å²) >= 11 is 3.58. The van der Waals surface area contributed by atoms with E-state index in [1.54, 1.807) is 0 Å². The minimum Gasteiger partial charge on any atom is -0.311 e. The maximum atomic E-state index is 3.74. The fourth-order valence-electron chi connectivity index (χ4n) is 3.03. The first-order valence-electron chi connectivity index (χ1n) is 7.80. The summed E-state index contributed by atoms with van der Waals surface area (Å²) in [5.41, 5.74) is 1.67. The molecular formula is C17H27BrN2. The van der Waals surface area contributed by atoms with Gasteiger partial charge in [-0.05, 0) is 37.5 Å². The topological polar surface area (TPSA) is 15.3 Å². The van der Waals surface area contributed by atoms with Gasteiger partial charge in [-0.25, -0.2) is 0 Å². The van der Waals surface area contributed by atoms with Gasteiger partial charge in [0.15, 0.2) is 0 Å². The van der Waals surface area contributed by atoms with E-state index in [4.69, 9.17) is 0 Å². The fourth-order valence-corrected chi connectivity index (χ4v) is 3.48. The van der Waals surface area contributed by atoms with Crippen LogP contribution in [0.5, 0.6) is 0 Å². The summed E-state index contributed by atoms with van der Waals surface area (Å²) < 4.78 is 1.17. The number of nitrogens with zero attached hydrogens (tertiary/aromatic N) is 1. The van der Waals surface area contributed by atoms with Crippen LogP contribution in [-0.2, 0) is 6.54 Å². The summed E-state index contributed by atoms with van der Waals surface area (Å²) in [6, 6.07) is 9.35. The van der Waals surface area contributed by atoms with Crippen LogP contribution in [0.3, 0.4) is 0 Å². The number of benzene rings is 1. The van der Waals surface area contributed by atoms with Crippen molar-refractivity contribution in [1.29, 1.82) is 0 Å². The molecular weight excluding hydrogens is 312 g/mol. The summed E-state index contributed by atoms with van der Waals surface area (Å²) in [6.07, 6.45) is 3.72. The predicted octanol–water partition coefficient (Wildman–Crippen LogP) is 4.19. The van der Waals surface area contributed by atoms with E-state index >= 15 is 0 Å². The molecule has 1 aliphatic rings. The summed E-state index contributed by atoms with van der Waals surface area (Å²) in [5, 5.41) is 3.74. The van der Waals surface area contributed by atoms with Crippen molar-refractivity contribution in [2.24, 2.45) is 0 Å².